The van der Waals surface area contributed by atoms with E-state index in [1.54, 1.807) is 17.0 Å². The molecule has 9 nitrogen and oxygen atoms in total. The van der Waals surface area contributed by atoms with Gasteiger partial charge in [-0.15, -0.1) is 0 Å². The minimum absolute atomic E-state index is 0.0485. The monoisotopic (exact) mass is 393 g/mol. The Kier molecular flexibility index (Phi) is 4.79. The summed E-state index contributed by atoms with van der Waals surface area (Å²) in [5.74, 6) is 0.356. The highest BCUT2D eigenvalue weighted by Crippen LogP contribution is 2.41. The lowest BCUT2D eigenvalue weighted by Gasteiger charge is -2.45. The van der Waals surface area contributed by atoms with E-state index < -0.39 is 10.6 Å². The van der Waals surface area contributed by atoms with E-state index in [4.69, 9.17) is 11.5 Å². The third kappa shape index (κ3) is 3.58. The van der Waals surface area contributed by atoms with E-state index in [1.165, 1.54) is 6.07 Å². The summed E-state index contributed by atoms with van der Waals surface area (Å²) in [6, 6.07) is 14.3. The van der Waals surface area contributed by atoms with Crippen LogP contribution in [0.3, 0.4) is 0 Å². The van der Waals surface area contributed by atoms with E-state index in [0.717, 1.165) is 37.8 Å². The summed E-state index contributed by atoms with van der Waals surface area (Å²) in [5.41, 5.74) is 13.2. The third-order valence-corrected chi connectivity index (χ3v) is 5.34. The van der Waals surface area contributed by atoms with Crippen molar-refractivity contribution in [1.29, 1.82) is 0 Å². The van der Waals surface area contributed by atoms with Gasteiger partial charge in [-0.3, -0.25) is 15.0 Å². The second-order valence-corrected chi connectivity index (χ2v) is 7.27. The number of nitro benzene ring substituents is 1. The van der Waals surface area contributed by atoms with Gasteiger partial charge in [0.25, 0.3) is 5.69 Å². The first-order valence-electron chi connectivity index (χ1n) is 9.59. The van der Waals surface area contributed by atoms with Gasteiger partial charge in [0.15, 0.2) is 0 Å². The van der Waals surface area contributed by atoms with Crippen LogP contribution in [0, 0.1) is 10.1 Å². The number of para-hydroxylation sites is 1. The van der Waals surface area contributed by atoms with Crippen LogP contribution in [0.25, 0.3) is 0 Å². The smallest absolute Gasteiger partial charge is 0.294 e. The maximum absolute atomic E-state index is 11.8. The van der Waals surface area contributed by atoms with Crippen molar-refractivity contribution < 1.29 is 4.92 Å². The third-order valence-electron chi connectivity index (χ3n) is 5.34. The van der Waals surface area contributed by atoms with Crippen molar-refractivity contribution in [3.05, 3.63) is 58.6 Å². The molecule has 0 radical (unpaired) electrons. The summed E-state index contributed by atoms with van der Waals surface area (Å²) in [5, 5.41) is 14.9. The first kappa shape index (κ1) is 18.7. The highest BCUT2D eigenvalue weighted by atomic mass is 16.6. The molecule has 2 aromatic carbocycles. The summed E-state index contributed by atoms with van der Waals surface area (Å²) in [6.45, 7) is 0. The second kappa shape index (κ2) is 7.42. The average Bonchev–Trinajstić information content (AvgIpc) is 2.69. The van der Waals surface area contributed by atoms with E-state index in [1.807, 2.05) is 30.3 Å². The van der Waals surface area contributed by atoms with Gasteiger partial charge in [-0.1, -0.05) is 24.6 Å². The molecular weight excluding hydrogens is 370 g/mol. The Hall–Kier alpha value is -3.62. The van der Waals surface area contributed by atoms with E-state index in [0.29, 0.717) is 11.4 Å². The van der Waals surface area contributed by atoms with E-state index in [-0.39, 0.29) is 17.6 Å². The van der Waals surface area contributed by atoms with E-state index in [2.05, 4.69) is 15.3 Å². The minimum atomic E-state index is -0.642. The van der Waals surface area contributed by atoms with Crippen LogP contribution >= 0.6 is 0 Å². The number of anilines is 3. The number of hydrogen-bond acceptors (Lipinski definition) is 8. The van der Waals surface area contributed by atoms with Crippen LogP contribution in [0.1, 0.15) is 32.1 Å². The minimum Gasteiger partial charge on any atom is -0.369 e. The maximum atomic E-state index is 11.8. The normalized spacial score (nSPS) is 18.1. The van der Waals surface area contributed by atoms with Crippen molar-refractivity contribution >= 4 is 34.7 Å². The highest BCUT2D eigenvalue weighted by Gasteiger charge is 2.43. The molecule has 0 amide bonds. The van der Waals surface area contributed by atoms with Gasteiger partial charge in [0.1, 0.15) is 11.4 Å². The van der Waals surface area contributed by atoms with Gasteiger partial charge in [-0.25, -0.2) is 4.99 Å². The van der Waals surface area contributed by atoms with Crippen molar-refractivity contribution in [2.24, 2.45) is 21.5 Å². The lowest BCUT2D eigenvalue weighted by molar-refractivity contribution is -0.383. The van der Waals surface area contributed by atoms with Gasteiger partial charge in [0.05, 0.1) is 10.6 Å². The summed E-state index contributed by atoms with van der Waals surface area (Å²) < 4.78 is 0. The molecule has 0 atom stereocenters. The lowest BCUT2D eigenvalue weighted by atomic mass is 9.87. The van der Waals surface area contributed by atoms with E-state index >= 15 is 0 Å². The fraction of sp³-hybridized carbons (Fsp3) is 0.300. The summed E-state index contributed by atoms with van der Waals surface area (Å²) in [7, 11) is 0. The van der Waals surface area contributed by atoms with Gasteiger partial charge in [-0.05, 0) is 49.9 Å². The summed E-state index contributed by atoms with van der Waals surface area (Å²) in [6.07, 6.45) is 4.61. The molecule has 1 aliphatic heterocycles. The molecule has 150 valence electrons. The van der Waals surface area contributed by atoms with Crippen molar-refractivity contribution in [3.63, 3.8) is 0 Å². The molecule has 1 heterocycles. The van der Waals surface area contributed by atoms with Gasteiger partial charge >= 0.3 is 0 Å². The molecule has 2 aromatic rings. The molecule has 9 heteroatoms. The maximum Gasteiger partial charge on any atom is 0.294 e. The molecule has 0 saturated heterocycles. The van der Waals surface area contributed by atoms with Crippen LogP contribution in [0.2, 0.25) is 0 Å². The number of rotatable bonds is 4. The molecule has 1 fully saturated rings. The number of hydrogen-bond donors (Lipinski definition) is 3. The highest BCUT2D eigenvalue weighted by molar-refractivity contribution is 6.06. The van der Waals surface area contributed by atoms with Gasteiger partial charge in [0, 0.05) is 11.8 Å². The van der Waals surface area contributed by atoms with Crippen molar-refractivity contribution in [1.82, 2.24) is 0 Å². The molecule has 4 rings (SSSR count). The molecular formula is C20H23N7O2. The van der Waals surface area contributed by atoms with Crippen LogP contribution in [0.5, 0.6) is 0 Å². The quantitative estimate of drug-likeness (QED) is 0.538. The molecule has 5 N–H and O–H groups in total. The molecule has 1 spiro atoms. The Balaban J connectivity index is 1.75. The van der Waals surface area contributed by atoms with Gasteiger partial charge in [-0.2, -0.15) is 4.99 Å². The zero-order valence-electron chi connectivity index (χ0n) is 15.9. The van der Waals surface area contributed by atoms with Crippen LogP contribution in [0.4, 0.5) is 22.7 Å². The number of nitrogens with one attached hydrogen (secondary N) is 1. The molecule has 0 bridgehead atoms. The zero-order valence-corrected chi connectivity index (χ0v) is 15.9. The van der Waals surface area contributed by atoms with Crippen LogP contribution in [-0.4, -0.2) is 22.5 Å². The first-order valence-corrected chi connectivity index (χ1v) is 9.59. The molecule has 1 aliphatic carbocycles. The van der Waals surface area contributed by atoms with Crippen LogP contribution in [0.15, 0.2) is 58.5 Å². The van der Waals surface area contributed by atoms with Gasteiger partial charge < -0.3 is 16.8 Å². The van der Waals surface area contributed by atoms with Crippen molar-refractivity contribution in [2.75, 3.05) is 10.2 Å². The zero-order chi connectivity index (χ0) is 20.4. The van der Waals surface area contributed by atoms with Gasteiger partial charge in [0.2, 0.25) is 11.9 Å². The Morgan fingerprint density at radius 1 is 1.07 bits per heavy atom. The predicted molar refractivity (Wildman–Crippen MR) is 114 cm³/mol. The topological polar surface area (TPSA) is 135 Å². The van der Waals surface area contributed by atoms with Crippen molar-refractivity contribution in [2.45, 2.75) is 37.8 Å². The Morgan fingerprint density at radius 3 is 2.48 bits per heavy atom. The second-order valence-electron chi connectivity index (χ2n) is 7.27. The summed E-state index contributed by atoms with van der Waals surface area (Å²) in [4.78, 5) is 21.9. The fourth-order valence-corrected chi connectivity index (χ4v) is 4.09. The van der Waals surface area contributed by atoms with Crippen molar-refractivity contribution in [3.8, 4) is 0 Å². The van der Waals surface area contributed by atoms with Crippen LogP contribution < -0.4 is 21.7 Å². The average molecular weight is 393 g/mol. The first-order chi connectivity index (χ1) is 14.0. The molecule has 29 heavy (non-hydrogen) atoms. The number of benzene rings is 2. The Labute approximate surface area is 168 Å². The molecule has 1 saturated carbocycles. The lowest BCUT2D eigenvalue weighted by Crippen LogP contribution is -2.58. The SMILES string of the molecule is NC1=NC2(CCCCC2)N(c2ccc(Nc3ccccc3)c([N+](=O)[O-])c2)C(N)=N1. The largest absolute Gasteiger partial charge is 0.369 e. The predicted octanol–water partition coefficient (Wildman–Crippen LogP) is 3.45. The number of nitro groups is 1. The number of nitrogens with zero attached hydrogens (tertiary/aromatic N) is 4. The molecule has 0 unspecified atom stereocenters. The Morgan fingerprint density at radius 2 is 1.79 bits per heavy atom. The fourth-order valence-electron chi connectivity index (χ4n) is 4.09. The number of guanidine groups is 2. The summed E-state index contributed by atoms with van der Waals surface area (Å²) >= 11 is 0. The number of nitrogens with two attached hydrogens (primary N) is 2. The molecule has 2 aliphatic rings. The van der Waals surface area contributed by atoms with E-state index in [9.17, 15) is 10.1 Å². The molecule has 0 aromatic heterocycles. The van der Waals surface area contributed by atoms with Crippen LogP contribution in [-0.2, 0) is 0 Å². The number of aliphatic imine (C=N–C) groups is 2. The Bertz CT molecular complexity index is 982. The standard InChI is InChI=1S/C20H23N7O2/c21-18-24-19(22)26(20(25-18)11-5-2-6-12-20)15-9-10-16(17(13-15)27(28)29)23-14-7-3-1-4-8-14/h1,3-4,7-10,13,23H,2,5-6,11-12H2,(H4,21,22,24,25).